The van der Waals surface area contributed by atoms with Crippen LogP contribution in [-0.4, -0.2) is 84.8 Å². The molecule has 2 saturated heterocycles. The predicted octanol–water partition coefficient (Wildman–Crippen LogP) is 3.52. The van der Waals surface area contributed by atoms with Crippen LogP contribution in [0.3, 0.4) is 0 Å². The van der Waals surface area contributed by atoms with Crippen LogP contribution in [0.15, 0.2) is 64.9 Å². The Balaban J connectivity index is 1.05. The second kappa shape index (κ2) is 11.6. The van der Waals surface area contributed by atoms with Gasteiger partial charge in [-0.25, -0.2) is 0 Å². The summed E-state index contributed by atoms with van der Waals surface area (Å²) in [6.45, 7) is 6.48. The molecule has 0 spiro atoms. The van der Waals surface area contributed by atoms with Crippen molar-refractivity contribution in [3.05, 3.63) is 65.7 Å². The first kappa shape index (κ1) is 24.3. The number of para-hydroxylation sites is 1. The maximum atomic E-state index is 10.9. The molecule has 8 heteroatoms. The van der Waals surface area contributed by atoms with E-state index in [4.69, 9.17) is 15.0 Å². The number of hydrogen-bond donors (Lipinski definition) is 1. The van der Waals surface area contributed by atoms with Crippen molar-refractivity contribution in [2.45, 2.75) is 31.8 Å². The van der Waals surface area contributed by atoms with Gasteiger partial charge in [0.15, 0.2) is 0 Å². The van der Waals surface area contributed by atoms with E-state index < -0.39 is 5.97 Å². The Morgan fingerprint density at radius 2 is 1.72 bits per heavy atom. The molecule has 8 nitrogen and oxygen atoms in total. The Hall–Kier alpha value is -3.39. The summed E-state index contributed by atoms with van der Waals surface area (Å²) >= 11 is 0. The molecule has 2 fully saturated rings. The molecule has 0 aromatic heterocycles. The highest BCUT2D eigenvalue weighted by molar-refractivity contribution is 6.01. The van der Waals surface area contributed by atoms with Crippen molar-refractivity contribution in [3.8, 4) is 0 Å². The summed E-state index contributed by atoms with van der Waals surface area (Å²) < 4.78 is 0. The summed E-state index contributed by atoms with van der Waals surface area (Å²) in [7, 11) is 0. The molecule has 2 aromatic carbocycles. The number of nitrogens with zero attached hydrogens (tertiary/aromatic N) is 5. The van der Waals surface area contributed by atoms with Crippen LogP contribution in [0.5, 0.6) is 0 Å². The fraction of sp³-hybridized carbons (Fsp3) is 0.464. The minimum absolute atomic E-state index is 0.0619. The van der Waals surface area contributed by atoms with Gasteiger partial charge in [-0.2, -0.15) is 5.10 Å². The quantitative estimate of drug-likeness (QED) is 0.572. The summed E-state index contributed by atoms with van der Waals surface area (Å²) in [6.07, 6.45) is 4.97. The van der Waals surface area contributed by atoms with Gasteiger partial charge in [0.05, 0.1) is 25.0 Å². The number of carboxylic acid groups (broad SMARTS) is 1. The van der Waals surface area contributed by atoms with Crippen molar-refractivity contribution in [1.82, 2.24) is 9.91 Å². The Bertz CT molecular complexity index is 1060. The normalized spacial score (nSPS) is 21.6. The van der Waals surface area contributed by atoms with Crippen LogP contribution in [-0.2, 0) is 9.63 Å². The highest BCUT2D eigenvalue weighted by atomic mass is 16.6. The Morgan fingerprint density at radius 3 is 2.42 bits per heavy atom. The highest BCUT2D eigenvalue weighted by Gasteiger charge is 2.27. The molecule has 0 saturated carbocycles. The molecule has 0 aliphatic carbocycles. The first-order valence-corrected chi connectivity index (χ1v) is 13.0. The number of likely N-dealkylation sites (tertiary alicyclic amines) is 1. The van der Waals surface area contributed by atoms with Crippen LogP contribution in [0.2, 0.25) is 0 Å². The molecule has 1 atom stereocenters. The molecule has 3 heterocycles. The van der Waals surface area contributed by atoms with Crippen LogP contribution in [0, 0.1) is 5.92 Å². The van der Waals surface area contributed by atoms with Gasteiger partial charge in [0.1, 0.15) is 6.10 Å². The van der Waals surface area contributed by atoms with E-state index >= 15 is 0 Å². The SMILES string of the molecule is O=C(O)CC1CCN(CC2CC(c3ccc(C=NN4CCN(c5ccccc5)CC4)cc3)=NO2)CC1. The van der Waals surface area contributed by atoms with Crippen LogP contribution in [0.25, 0.3) is 0 Å². The smallest absolute Gasteiger partial charge is 0.303 e. The maximum absolute atomic E-state index is 10.9. The van der Waals surface area contributed by atoms with Crippen molar-refractivity contribution in [1.29, 1.82) is 0 Å². The fourth-order valence-electron chi connectivity index (χ4n) is 5.22. The number of carboxylic acids is 1. The minimum atomic E-state index is -0.690. The number of benzene rings is 2. The zero-order chi connectivity index (χ0) is 24.7. The van der Waals surface area contributed by atoms with E-state index in [1.165, 1.54) is 5.69 Å². The molecule has 1 unspecified atom stereocenters. The van der Waals surface area contributed by atoms with Crippen molar-refractivity contribution < 1.29 is 14.7 Å². The zero-order valence-corrected chi connectivity index (χ0v) is 20.7. The zero-order valence-electron chi connectivity index (χ0n) is 20.7. The molecule has 1 N–H and O–H groups in total. The van der Waals surface area contributed by atoms with Gasteiger partial charge in [0, 0.05) is 38.2 Å². The number of oxime groups is 1. The molecule has 0 radical (unpaired) electrons. The van der Waals surface area contributed by atoms with E-state index in [2.05, 4.69) is 74.6 Å². The summed E-state index contributed by atoms with van der Waals surface area (Å²) in [5.74, 6) is -0.388. The molecular weight excluding hydrogens is 454 g/mol. The van der Waals surface area contributed by atoms with Gasteiger partial charge in [-0.15, -0.1) is 0 Å². The van der Waals surface area contributed by atoms with Crippen LogP contribution in [0.1, 0.15) is 36.8 Å². The van der Waals surface area contributed by atoms with E-state index in [1.54, 1.807) is 0 Å². The van der Waals surface area contributed by atoms with Gasteiger partial charge in [0.2, 0.25) is 0 Å². The summed E-state index contributed by atoms with van der Waals surface area (Å²) in [5.41, 5.74) is 4.43. The van der Waals surface area contributed by atoms with Gasteiger partial charge < -0.3 is 14.8 Å². The lowest BCUT2D eigenvalue weighted by atomic mass is 9.93. The Morgan fingerprint density at radius 1 is 1.00 bits per heavy atom. The molecule has 0 bridgehead atoms. The van der Waals surface area contributed by atoms with E-state index in [0.29, 0.717) is 5.92 Å². The van der Waals surface area contributed by atoms with Crippen molar-refractivity contribution in [2.24, 2.45) is 16.2 Å². The third kappa shape index (κ3) is 6.43. The summed E-state index contributed by atoms with van der Waals surface area (Å²) in [5, 5.41) is 20.2. The fourth-order valence-corrected chi connectivity index (χ4v) is 5.22. The summed E-state index contributed by atoms with van der Waals surface area (Å²) in [6, 6.07) is 18.9. The third-order valence-electron chi connectivity index (χ3n) is 7.36. The molecule has 190 valence electrons. The van der Waals surface area contributed by atoms with Gasteiger partial charge in [0.25, 0.3) is 0 Å². The number of rotatable bonds is 8. The van der Waals surface area contributed by atoms with Crippen LogP contribution in [0.4, 0.5) is 5.69 Å². The molecule has 5 rings (SSSR count). The van der Waals surface area contributed by atoms with Crippen LogP contribution >= 0.6 is 0 Å². The number of anilines is 1. The number of aliphatic carboxylic acids is 1. The van der Waals surface area contributed by atoms with Gasteiger partial charge in [-0.05, 0) is 55.1 Å². The molecule has 3 aliphatic heterocycles. The van der Waals surface area contributed by atoms with Crippen molar-refractivity contribution >= 4 is 23.6 Å². The number of piperazine rings is 1. The van der Waals surface area contributed by atoms with E-state index in [9.17, 15) is 4.79 Å². The third-order valence-corrected chi connectivity index (χ3v) is 7.36. The minimum Gasteiger partial charge on any atom is -0.481 e. The highest BCUT2D eigenvalue weighted by Crippen LogP contribution is 2.23. The maximum Gasteiger partial charge on any atom is 0.303 e. The second-order valence-electron chi connectivity index (χ2n) is 9.95. The van der Waals surface area contributed by atoms with E-state index in [1.807, 2.05) is 6.21 Å². The number of carbonyl (C=O) groups is 1. The first-order chi connectivity index (χ1) is 17.6. The monoisotopic (exact) mass is 489 g/mol. The second-order valence-corrected chi connectivity index (χ2v) is 9.95. The average molecular weight is 490 g/mol. The molecule has 0 amide bonds. The first-order valence-electron chi connectivity index (χ1n) is 13.0. The summed E-state index contributed by atoms with van der Waals surface area (Å²) in [4.78, 5) is 21.4. The number of hydrazone groups is 1. The predicted molar refractivity (Wildman–Crippen MR) is 142 cm³/mol. The van der Waals surface area contributed by atoms with Gasteiger partial charge in [-0.1, -0.05) is 47.6 Å². The van der Waals surface area contributed by atoms with Crippen molar-refractivity contribution in [3.63, 3.8) is 0 Å². The lowest BCUT2D eigenvalue weighted by Crippen LogP contribution is -2.44. The Labute approximate surface area is 212 Å². The standard InChI is InChI=1S/C28H35N5O3/c34-28(35)18-22-10-12-31(13-11-22)21-26-19-27(30-36-26)24-8-6-23(7-9-24)20-29-33-16-14-32(15-17-33)25-4-2-1-3-5-25/h1-9,20,22,26H,10-19,21H2,(H,34,35). The largest absolute Gasteiger partial charge is 0.481 e. The molecule has 2 aromatic rings. The molecule has 3 aliphatic rings. The Kier molecular flexibility index (Phi) is 7.81. The lowest BCUT2D eigenvalue weighted by molar-refractivity contribution is -0.138. The molecular formula is C28H35N5O3. The lowest BCUT2D eigenvalue weighted by Gasteiger charge is -2.34. The van der Waals surface area contributed by atoms with Crippen molar-refractivity contribution in [2.75, 3.05) is 50.7 Å². The molecule has 36 heavy (non-hydrogen) atoms. The van der Waals surface area contributed by atoms with Gasteiger partial charge >= 0.3 is 5.97 Å². The van der Waals surface area contributed by atoms with Crippen LogP contribution < -0.4 is 4.90 Å². The van der Waals surface area contributed by atoms with E-state index in [0.717, 1.165) is 81.9 Å². The van der Waals surface area contributed by atoms with Gasteiger partial charge in [-0.3, -0.25) is 14.7 Å². The number of hydrogen-bond acceptors (Lipinski definition) is 7. The number of piperidine rings is 1. The van der Waals surface area contributed by atoms with E-state index in [-0.39, 0.29) is 12.5 Å². The average Bonchev–Trinajstić information content (AvgIpc) is 3.38. The topological polar surface area (TPSA) is 81.0 Å².